The molecule has 0 saturated heterocycles. The van der Waals surface area contributed by atoms with Gasteiger partial charge in [0.05, 0.1) is 19.1 Å². The van der Waals surface area contributed by atoms with Gasteiger partial charge in [0, 0.05) is 25.2 Å². The Morgan fingerprint density at radius 2 is 1.83 bits per heavy atom. The number of nitro benzene ring substituents is 1. The number of carbonyl (C=O) groups excluding carboxylic acids is 1. The van der Waals surface area contributed by atoms with Crippen LogP contribution in [0.1, 0.15) is 15.9 Å². The van der Waals surface area contributed by atoms with Crippen LogP contribution in [0.15, 0.2) is 36.4 Å². The first-order valence-electron chi connectivity index (χ1n) is 7.15. The van der Waals surface area contributed by atoms with Crippen molar-refractivity contribution in [2.75, 3.05) is 26.2 Å². The highest BCUT2D eigenvalue weighted by molar-refractivity contribution is 5.79. The van der Waals surface area contributed by atoms with Gasteiger partial charge in [0.15, 0.2) is 11.5 Å². The summed E-state index contributed by atoms with van der Waals surface area (Å²) in [6, 6.07) is 9.87. The van der Waals surface area contributed by atoms with E-state index in [1.165, 1.54) is 6.07 Å². The normalized spacial score (nSPS) is 10.1. The van der Waals surface area contributed by atoms with Gasteiger partial charge in [-0.25, -0.2) is 0 Å². The molecule has 2 aromatic rings. The molecular formula is C17H18N2O5. The molecule has 7 nitrogen and oxygen atoms in total. The second-order valence-electron chi connectivity index (χ2n) is 5.17. The first-order chi connectivity index (χ1) is 11.5. The third kappa shape index (κ3) is 3.62. The molecule has 2 aromatic carbocycles. The van der Waals surface area contributed by atoms with Crippen molar-refractivity contribution in [3.63, 3.8) is 0 Å². The highest BCUT2D eigenvalue weighted by Crippen LogP contribution is 2.31. The molecule has 0 aliphatic carbocycles. The molecule has 0 saturated carbocycles. The number of rotatable bonds is 7. The van der Waals surface area contributed by atoms with Gasteiger partial charge in [-0.15, -0.1) is 0 Å². The molecule has 0 amide bonds. The average Bonchev–Trinajstić information content (AvgIpc) is 2.60. The minimum Gasteiger partial charge on any atom is -0.493 e. The van der Waals surface area contributed by atoms with Crippen LogP contribution in [0.5, 0.6) is 11.5 Å². The summed E-state index contributed by atoms with van der Waals surface area (Å²) in [5.74, 6) is 1.21. The van der Waals surface area contributed by atoms with Gasteiger partial charge in [0.1, 0.15) is 12.0 Å². The van der Waals surface area contributed by atoms with Gasteiger partial charge in [-0.2, -0.15) is 0 Å². The fourth-order valence-corrected chi connectivity index (χ4v) is 2.42. The second-order valence-corrected chi connectivity index (χ2v) is 5.17. The molecule has 7 heteroatoms. The largest absolute Gasteiger partial charge is 0.493 e. The summed E-state index contributed by atoms with van der Waals surface area (Å²) in [5.41, 5.74) is 1.50. The lowest BCUT2D eigenvalue weighted by molar-refractivity contribution is -0.384. The predicted molar refractivity (Wildman–Crippen MR) is 90.1 cm³/mol. The molecule has 0 heterocycles. The minimum atomic E-state index is -0.493. The Hall–Kier alpha value is -3.09. The quantitative estimate of drug-likeness (QED) is 0.441. The lowest BCUT2D eigenvalue weighted by Crippen LogP contribution is -2.18. The van der Waals surface area contributed by atoms with Crippen molar-refractivity contribution in [3.05, 3.63) is 57.6 Å². The minimum absolute atomic E-state index is 0.109. The van der Waals surface area contributed by atoms with Gasteiger partial charge in [-0.05, 0) is 29.8 Å². The number of nitrogens with zero attached hydrogens (tertiary/aromatic N) is 2. The van der Waals surface area contributed by atoms with Crippen molar-refractivity contribution < 1.29 is 19.2 Å². The maximum atomic E-state index is 11.3. The Bertz CT molecular complexity index is 761. The molecule has 0 spiro atoms. The molecule has 0 N–H and O–H groups in total. The Morgan fingerprint density at radius 3 is 2.42 bits per heavy atom. The first-order valence-corrected chi connectivity index (χ1v) is 7.15. The van der Waals surface area contributed by atoms with Crippen LogP contribution < -0.4 is 14.4 Å². The van der Waals surface area contributed by atoms with E-state index in [1.54, 1.807) is 44.4 Å². The molecule has 2 rings (SSSR count). The third-order valence-corrected chi connectivity index (χ3v) is 3.61. The van der Waals surface area contributed by atoms with Crippen molar-refractivity contribution in [3.8, 4) is 11.5 Å². The fraction of sp³-hybridized carbons (Fsp3) is 0.235. The zero-order chi connectivity index (χ0) is 17.7. The second kappa shape index (κ2) is 7.45. The lowest BCUT2D eigenvalue weighted by atomic mass is 10.1. The van der Waals surface area contributed by atoms with Crippen LogP contribution in [-0.4, -0.2) is 32.5 Å². The van der Waals surface area contributed by atoms with Crippen LogP contribution in [0.3, 0.4) is 0 Å². The maximum absolute atomic E-state index is 11.3. The summed E-state index contributed by atoms with van der Waals surface area (Å²) in [6.07, 6.45) is 0.588. The molecule has 0 atom stereocenters. The van der Waals surface area contributed by atoms with Crippen molar-refractivity contribution >= 4 is 17.7 Å². The number of hydrogen-bond acceptors (Lipinski definition) is 6. The molecular weight excluding hydrogens is 312 g/mol. The summed E-state index contributed by atoms with van der Waals surface area (Å²) in [6.45, 7) is 0.432. The number of nitro groups is 1. The molecule has 126 valence electrons. The first kappa shape index (κ1) is 17.3. The molecule has 0 fully saturated rings. The van der Waals surface area contributed by atoms with E-state index in [0.717, 1.165) is 5.56 Å². The van der Waals surface area contributed by atoms with Gasteiger partial charge < -0.3 is 14.4 Å². The summed E-state index contributed by atoms with van der Waals surface area (Å²) in [4.78, 5) is 23.3. The van der Waals surface area contributed by atoms with E-state index in [1.807, 2.05) is 12.1 Å². The highest BCUT2D eigenvalue weighted by atomic mass is 16.6. The summed E-state index contributed by atoms with van der Waals surface area (Å²) in [5, 5.41) is 11.3. The standard InChI is InChI=1S/C17H18N2O5/c1-18(10-12-5-7-16(23-2)17(9-12)24-3)14-6-4-13(11-20)8-15(14)19(21)22/h4-9,11H,10H2,1-3H3. The van der Waals surface area contributed by atoms with Crippen LogP contribution >= 0.6 is 0 Å². The number of hydrogen-bond donors (Lipinski definition) is 0. The molecule has 0 aliphatic heterocycles. The lowest BCUT2D eigenvalue weighted by Gasteiger charge is -2.20. The van der Waals surface area contributed by atoms with Crippen molar-refractivity contribution in [2.45, 2.75) is 6.54 Å². The Labute approximate surface area is 139 Å². The van der Waals surface area contributed by atoms with Crippen LogP contribution in [-0.2, 0) is 6.54 Å². The monoisotopic (exact) mass is 330 g/mol. The summed E-state index contributed by atoms with van der Waals surface area (Å²) < 4.78 is 10.5. The Balaban J connectivity index is 2.31. The number of methoxy groups -OCH3 is 2. The van der Waals surface area contributed by atoms with Gasteiger partial charge in [-0.1, -0.05) is 6.07 Å². The number of anilines is 1. The van der Waals surface area contributed by atoms with Crippen LogP contribution in [0.25, 0.3) is 0 Å². The summed E-state index contributed by atoms with van der Waals surface area (Å²) in [7, 11) is 4.86. The number of ether oxygens (including phenoxy) is 2. The Kier molecular flexibility index (Phi) is 5.36. The molecule has 0 aromatic heterocycles. The van der Waals surface area contributed by atoms with E-state index >= 15 is 0 Å². The predicted octanol–water partition coefficient (Wildman–Crippen LogP) is 3.06. The van der Waals surface area contributed by atoms with E-state index in [4.69, 9.17) is 9.47 Å². The van der Waals surface area contributed by atoms with Crippen molar-refractivity contribution in [1.82, 2.24) is 0 Å². The molecule has 0 unspecified atom stereocenters. The third-order valence-electron chi connectivity index (χ3n) is 3.61. The summed E-state index contributed by atoms with van der Waals surface area (Å²) >= 11 is 0. The number of aldehydes is 1. The smallest absolute Gasteiger partial charge is 0.293 e. The van der Waals surface area contributed by atoms with E-state index < -0.39 is 4.92 Å². The molecule has 0 bridgehead atoms. The van der Waals surface area contributed by atoms with Crippen molar-refractivity contribution in [2.24, 2.45) is 0 Å². The average molecular weight is 330 g/mol. The van der Waals surface area contributed by atoms with Gasteiger partial charge >= 0.3 is 0 Å². The maximum Gasteiger partial charge on any atom is 0.293 e. The number of benzene rings is 2. The van der Waals surface area contributed by atoms with Gasteiger partial charge in [0.2, 0.25) is 0 Å². The van der Waals surface area contributed by atoms with E-state index in [9.17, 15) is 14.9 Å². The molecule has 0 aliphatic rings. The Morgan fingerprint density at radius 1 is 1.12 bits per heavy atom. The SMILES string of the molecule is COc1ccc(CN(C)c2ccc(C=O)cc2[N+](=O)[O-])cc1OC. The van der Waals surface area contributed by atoms with E-state index in [0.29, 0.717) is 30.0 Å². The van der Waals surface area contributed by atoms with E-state index in [-0.39, 0.29) is 11.3 Å². The highest BCUT2D eigenvalue weighted by Gasteiger charge is 2.18. The van der Waals surface area contributed by atoms with Crippen LogP contribution in [0.4, 0.5) is 11.4 Å². The van der Waals surface area contributed by atoms with E-state index in [2.05, 4.69) is 0 Å². The van der Waals surface area contributed by atoms with Crippen molar-refractivity contribution in [1.29, 1.82) is 0 Å². The van der Waals surface area contributed by atoms with Crippen LogP contribution in [0.2, 0.25) is 0 Å². The van der Waals surface area contributed by atoms with Crippen LogP contribution in [0, 0.1) is 10.1 Å². The number of carbonyl (C=O) groups is 1. The fourth-order valence-electron chi connectivity index (χ4n) is 2.42. The zero-order valence-electron chi connectivity index (χ0n) is 13.7. The topological polar surface area (TPSA) is 81.9 Å². The molecule has 0 radical (unpaired) electrons. The van der Waals surface area contributed by atoms with Gasteiger partial charge in [0.25, 0.3) is 5.69 Å². The van der Waals surface area contributed by atoms with Gasteiger partial charge in [-0.3, -0.25) is 14.9 Å². The molecule has 24 heavy (non-hydrogen) atoms. The zero-order valence-corrected chi connectivity index (χ0v) is 13.7.